The standard InChI is InChI=1S/C8H4F3N4/c9-8(10,11)6-3-1-2-5(4-6)7-12-14-15-13-7/h1-4H/q-1. The maximum absolute atomic E-state index is 12.3. The van der Waals surface area contributed by atoms with Gasteiger partial charge in [0.15, 0.2) is 0 Å². The van der Waals surface area contributed by atoms with Crippen LogP contribution in [0, 0.1) is 0 Å². The second-order valence-corrected chi connectivity index (χ2v) is 2.78. The van der Waals surface area contributed by atoms with Gasteiger partial charge in [-0.15, -0.1) is 0 Å². The molecule has 78 valence electrons. The predicted octanol–water partition coefficient (Wildman–Crippen LogP) is 1.51. The van der Waals surface area contributed by atoms with Crippen molar-refractivity contribution in [2.24, 2.45) is 0 Å². The molecule has 1 heterocycles. The molecule has 15 heavy (non-hydrogen) atoms. The van der Waals surface area contributed by atoms with Crippen molar-refractivity contribution in [3.63, 3.8) is 0 Å². The molecule has 0 aliphatic heterocycles. The fourth-order valence-electron chi connectivity index (χ4n) is 1.09. The van der Waals surface area contributed by atoms with Crippen LogP contribution < -0.4 is 5.10 Å². The Bertz CT molecular complexity index is 449. The van der Waals surface area contributed by atoms with Crippen LogP contribution in [0.2, 0.25) is 0 Å². The third kappa shape index (κ3) is 1.95. The molecule has 2 rings (SSSR count). The van der Waals surface area contributed by atoms with E-state index in [0.29, 0.717) is 0 Å². The molecule has 0 amide bonds. The molecule has 2 aromatic rings. The summed E-state index contributed by atoms with van der Waals surface area (Å²) in [6.07, 6.45) is -4.37. The van der Waals surface area contributed by atoms with Gasteiger partial charge in [-0.2, -0.15) is 18.4 Å². The summed E-state index contributed by atoms with van der Waals surface area (Å²) in [5, 5.41) is 13.3. The summed E-state index contributed by atoms with van der Waals surface area (Å²) in [7, 11) is 0. The number of benzene rings is 1. The van der Waals surface area contributed by atoms with Gasteiger partial charge in [-0.1, -0.05) is 12.1 Å². The van der Waals surface area contributed by atoms with Crippen LogP contribution >= 0.6 is 0 Å². The number of aromatic nitrogens is 4. The molecule has 0 saturated carbocycles. The first kappa shape index (κ1) is 9.63. The van der Waals surface area contributed by atoms with E-state index in [1.54, 1.807) is 0 Å². The molecule has 0 unspecified atom stereocenters. The second-order valence-electron chi connectivity index (χ2n) is 2.78. The highest BCUT2D eigenvalue weighted by molar-refractivity contribution is 5.55. The molecule has 0 aliphatic rings. The molecule has 0 fully saturated rings. The minimum atomic E-state index is -4.37. The van der Waals surface area contributed by atoms with Crippen LogP contribution in [0.25, 0.3) is 11.4 Å². The van der Waals surface area contributed by atoms with E-state index in [1.807, 2.05) is 0 Å². The van der Waals surface area contributed by atoms with Crippen LogP contribution in [0.5, 0.6) is 0 Å². The quantitative estimate of drug-likeness (QED) is 0.720. The maximum atomic E-state index is 12.3. The van der Waals surface area contributed by atoms with Crippen LogP contribution in [0.3, 0.4) is 0 Å². The summed E-state index contributed by atoms with van der Waals surface area (Å²) >= 11 is 0. The van der Waals surface area contributed by atoms with Gasteiger partial charge in [0.25, 0.3) is 0 Å². The van der Waals surface area contributed by atoms with Gasteiger partial charge < -0.3 is 5.10 Å². The third-order valence-electron chi connectivity index (χ3n) is 1.77. The van der Waals surface area contributed by atoms with E-state index in [0.717, 1.165) is 12.1 Å². The summed E-state index contributed by atoms with van der Waals surface area (Å²) in [5.74, 6) is 0.0844. The fourth-order valence-corrected chi connectivity index (χ4v) is 1.09. The first-order chi connectivity index (χ1) is 7.07. The van der Waals surface area contributed by atoms with Gasteiger partial charge in [0.2, 0.25) is 0 Å². The molecule has 0 aliphatic carbocycles. The third-order valence-corrected chi connectivity index (χ3v) is 1.77. The average molecular weight is 213 g/mol. The van der Waals surface area contributed by atoms with Crippen molar-refractivity contribution >= 4 is 0 Å². The Kier molecular flexibility index (Phi) is 2.14. The largest absolute Gasteiger partial charge is 0.416 e. The summed E-state index contributed by atoms with van der Waals surface area (Å²) in [6, 6.07) is 4.69. The number of hydrogen-bond donors (Lipinski definition) is 0. The molecule has 1 aromatic heterocycles. The molecule has 0 spiro atoms. The van der Waals surface area contributed by atoms with Crippen LogP contribution in [0.15, 0.2) is 24.3 Å². The van der Waals surface area contributed by atoms with Crippen molar-refractivity contribution in [1.82, 2.24) is 20.6 Å². The minimum absolute atomic E-state index is 0.0844. The molecule has 1 aromatic carbocycles. The molecule has 0 bridgehead atoms. The van der Waals surface area contributed by atoms with Crippen molar-refractivity contribution in [1.29, 1.82) is 0 Å². The molecule has 0 atom stereocenters. The number of halogens is 3. The van der Waals surface area contributed by atoms with Crippen molar-refractivity contribution in [3.8, 4) is 11.4 Å². The zero-order chi connectivity index (χ0) is 10.9. The summed E-state index contributed by atoms with van der Waals surface area (Å²) in [4.78, 5) is 0. The van der Waals surface area contributed by atoms with E-state index in [9.17, 15) is 13.2 Å². The smallest absolute Gasteiger partial charge is 0.330 e. The number of tetrazole rings is 1. The first-order valence-corrected chi connectivity index (χ1v) is 3.94. The van der Waals surface area contributed by atoms with Crippen LogP contribution in [-0.2, 0) is 6.18 Å². The molecule has 0 N–H and O–H groups in total. The highest BCUT2D eigenvalue weighted by Crippen LogP contribution is 2.30. The van der Waals surface area contributed by atoms with Crippen LogP contribution in [-0.4, -0.2) is 15.5 Å². The Morgan fingerprint density at radius 2 is 2.00 bits per heavy atom. The van der Waals surface area contributed by atoms with Gasteiger partial charge in [-0.25, -0.2) is 0 Å². The van der Waals surface area contributed by atoms with Gasteiger partial charge in [-0.3, -0.25) is 10.3 Å². The predicted molar refractivity (Wildman–Crippen MR) is 43.6 cm³/mol. The molecule has 0 saturated heterocycles. The minimum Gasteiger partial charge on any atom is -0.330 e. The zero-order valence-corrected chi connectivity index (χ0v) is 7.23. The van der Waals surface area contributed by atoms with E-state index in [2.05, 4.69) is 20.6 Å². The lowest BCUT2D eigenvalue weighted by Crippen LogP contribution is -2.04. The van der Waals surface area contributed by atoms with Gasteiger partial charge >= 0.3 is 6.18 Å². The van der Waals surface area contributed by atoms with Gasteiger partial charge in [0.1, 0.15) is 0 Å². The fraction of sp³-hybridized carbons (Fsp3) is 0.125. The maximum Gasteiger partial charge on any atom is 0.416 e. The SMILES string of the molecule is FC(F)(F)c1cccc(-c2nnn[n-]2)c1. The number of rotatable bonds is 1. The van der Waals surface area contributed by atoms with E-state index in [4.69, 9.17) is 0 Å². The highest BCUT2D eigenvalue weighted by Gasteiger charge is 2.30. The van der Waals surface area contributed by atoms with E-state index in [-0.39, 0.29) is 11.4 Å². The van der Waals surface area contributed by atoms with Crippen molar-refractivity contribution in [2.45, 2.75) is 6.18 Å². The second kappa shape index (κ2) is 3.34. The Labute approximate surface area is 82.1 Å². The Morgan fingerprint density at radius 3 is 2.60 bits per heavy atom. The summed E-state index contributed by atoms with van der Waals surface area (Å²) < 4.78 is 37.0. The van der Waals surface area contributed by atoms with Gasteiger partial charge in [-0.05, 0) is 17.7 Å². The summed E-state index contributed by atoms with van der Waals surface area (Å²) in [6.45, 7) is 0. The number of nitrogens with zero attached hydrogens (tertiary/aromatic N) is 4. The normalized spacial score (nSPS) is 11.7. The summed E-state index contributed by atoms with van der Waals surface area (Å²) in [5.41, 5.74) is -0.500. The van der Waals surface area contributed by atoms with E-state index < -0.39 is 11.7 Å². The van der Waals surface area contributed by atoms with Crippen molar-refractivity contribution in [2.75, 3.05) is 0 Å². The molecule has 4 nitrogen and oxygen atoms in total. The lowest BCUT2D eigenvalue weighted by Gasteiger charge is -2.08. The molecule has 0 radical (unpaired) electrons. The molecular weight excluding hydrogens is 209 g/mol. The molecular formula is C8H4F3N4-. The van der Waals surface area contributed by atoms with Crippen LogP contribution in [0.1, 0.15) is 5.56 Å². The average Bonchev–Trinajstić information content (AvgIpc) is 2.69. The number of hydrogen-bond acceptors (Lipinski definition) is 3. The first-order valence-electron chi connectivity index (χ1n) is 3.94. The lowest BCUT2D eigenvalue weighted by atomic mass is 10.1. The highest BCUT2D eigenvalue weighted by atomic mass is 19.4. The van der Waals surface area contributed by atoms with Crippen LogP contribution in [0.4, 0.5) is 13.2 Å². The van der Waals surface area contributed by atoms with Crippen molar-refractivity contribution in [3.05, 3.63) is 29.8 Å². The van der Waals surface area contributed by atoms with Gasteiger partial charge in [0.05, 0.1) is 5.56 Å². The monoisotopic (exact) mass is 213 g/mol. The van der Waals surface area contributed by atoms with E-state index in [1.165, 1.54) is 12.1 Å². The zero-order valence-electron chi connectivity index (χ0n) is 7.23. The topological polar surface area (TPSA) is 52.8 Å². The molecule has 7 heteroatoms. The Morgan fingerprint density at radius 1 is 1.20 bits per heavy atom. The van der Waals surface area contributed by atoms with Gasteiger partial charge in [0, 0.05) is 5.82 Å². The van der Waals surface area contributed by atoms with E-state index >= 15 is 0 Å². The Balaban J connectivity index is 2.44. The lowest BCUT2D eigenvalue weighted by molar-refractivity contribution is -0.137. The Hall–Kier alpha value is -1.92. The van der Waals surface area contributed by atoms with Crippen molar-refractivity contribution < 1.29 is 13.2 Å². The number of alkyl halides is 3.